The molecule has 1 heterocycles. The summed E-state index contributed by atoms with van der Waals surface area (Å²) in [6.45, 7) is 20.9. The van der Waals surface area contributed by atoms with E-state index in [1.165, 1.54) is 4.90 Å². The molecule has 1 aromatic carbocycles. The zero-order chi connectivity index (χ0) is 22.8. The first-order valence-electron chi connectivity index (χ1n) is 10.3. The Morgan fingerprint density at radius 1 is 0.900 bits per heavy atom. The van der Waals surface area contributed by atoms with Crippen molar-refractivity contribution >= 4 is 57.8 Å². The summed E-state index contributed by atoms with van der Waals surface area (Å²) in [5.74, 6) is 1.07. The molecule has 1 unspecified atom stereocenters. The van der Waals surface area contributed by atoms with Gasteiger partial charge in [-0.05, 0) is 95.1 Å². The van der Waals surface area contributed by atoms with Gasteiger partial charge in [-0.1, -0.05) is 41.6 Å². The van der Waals surface area contributed by atoms with E-state index in [9.17, 15) is 0 Å². The van der Waals surface area contributed by atoms with Crippen molar-refractivity contribution < 1.29 is 13.3 Å². The highest BCUT2D eigenvalue weighted by Crippen LogP contribution is 2.55. The molecule has 1 aliphatic rings. The monoisotopic (exact) mass is 507 g/mol. The second kappa shape index (κ2) is 10.2. The summed E-state index contributed by atoms with van der Waals surface area (Å²) in [5.41, 5.74) is -0.144. The van der Waals surface area contributed by atoms with Gasteiger partial charge in [-0.2, -0.15) is 0 Å². The van der Waals surface area contributed by atoms with Gasteiger partial charge in [-0.3, -0.25) is 0 Å². The summed E-state index contributed by atoms with van der Waals surface area (Å²) in [6, 6.07) is 8.51. The van der Waals surface area contributed by atoms with Crippen molar-refractivity contribution in [2.45, 2.75) is 95.6 Å². The first kappa shape index (κ1) is 26.8. The Morgan fingerprint density at radius 2 is 1.40 bits per heavy atom. The molecule has 0 fully saturated rings. The molecule has 0 aromatic heterocycles. The SMILES string of the molecule is CCSSSC1Sc2ccccc2N1[Si](OC(C)(C)C)(OC(C)(C)C)OC(C)(C)C. The zero-order valence-corrected chi connectivity index (χ0v) is 24.2. The highest BCUT2D eigenvalue weighted by Gasteiger charge is 2.61. The lowest BCUT2D eigenvalue weighted by molar-refractivity contribution is -0.0762. The smallest absolute Gasteiger partial charge is 0.351 e. The van der Waals surface area contributed by atoms with Gasteiger partial charge in [0.2, 0.25) is 0 Å². The maximum Gasteiger partial charge on any atom is 0.636 e. The minimum atomic E-state index is -3.37. The average Bonchev–Trinajstić information content (AvgIpc) is 2.88. The average molecular weight is 508 g/mol. The molecule has 30 heavy (non-hydrogen) atoms. The Balaban J connectivity index is 2.63. The Labute approximate surface area is 200 Å². The number of nitrogens with zero attached hydrogens (tertiary/aromatic N) is 1. The van der Waals surface area contributed by atoms with Gasteiger partial charge < -0.3 is 17.8 Å². The van der Waals surface area contributed by atoms with Crippen LogP contribution in [0.4, 0.5) is 5.69 Å². The summed E-state index contributed by atoms with van der Waals surface area (Å²) < 4.78 is 22.9. The zero-order valence-electron chi connectivity index (χ0n) is 19.9. The van der Waals surface area contributed by atoms with Crippen LogP contribution in [0.25, 0.3) is 0 Å². The standard InChI is InChI=1S/C21H37NO3S4Si/c1-11-26-29-28-18-22(16-14-12-13-15-17(16)27-18)30(23-19(2,3)4,24-20(5,6)7)25-21(8,9)10/h12-15,18H,11H2,1-10H3. The van der Waals surface area contributed by atoms with E-state index >= 15 is 0 Å². The van der Waals surface area contributed by atoms with Crippen molar-refractivity contribution in [2.24, 2.45) is 0 Å². The van der Waals surface area contributed by atoms with Crippen LogP contribution in [0.5, 0.6) is 0 Å². The van der Waals surface area contributed by atoms with E-state index in [4.69, 9.17) is 13.3 Å². The number of thioether (sulfide) groups is 1. The molecule has 0 radical (unpaired) electrons. The fourth-order valence-corrected chi connectivity index (χ4v) is 13.6. The Bertz CT molecular complexity index is 660. The molecule has 2 rings (SSSR count). The normalized spacial score (nSPS) is 18.1. The predicted octanol–water partition coefficient (Wildman–Crippen LogP) is 7.81. The number of hydrogen-bond donors (Lipinski definition) is 0. The molecule has 0 amide bonds. The Morgan fingerprint density at radius 3 is 1.87 bits per heavy atom. The molecule has 0 spiro atoms. The summed E-state index contributed by atoms with van der Waals surface area (Å²) in [5, 5.41) is 0. The summed E-state index contributed by atoms with van der Waals surface area (Å²) in [7, 11) is 2.15. The third-order valence-electron chi connectivity index (χ3n) is 3.45. The van der Waals surface area contributed by atoms with Crippen molar-refractivity contribution in [3.63, 3.8) is 0 Å². The van der Waals surface area contributed by atoms with Crippen molar-refractivity contribution in [3.8, 4) is 0 Å². The Hall–Kier alpha value is 0.517. The molecule has 0 bridgehead atoms. The van der Waals surface area contributed by atoms with Gasteiger partial charge in [0.15, 0.2) is 0 Å². The first-order valence-corrected chi connectivity index (χ1v) is 16.5. The van der Waals surface area contributed by atoms with Gasteiger partial charge in [0.1, 0.15) is 4.71 Å². The number of anilines is 1. The third-order valence-corrected chi connectivity index (χ3v) is 13.6. The Kier molecular flexibility index (Phi) is 9.10. The first-order chi connectivity index (χ1) is 13.7. The van der Waals surface area contributed by atoms with Gasteiger partial charge in [0.05, 0.1) is 16.8 Å². The molecule has 172 valence electrons. The minimum absolute atomic E-state index is 0.102. The molecule has 0 N–H and O–H groups in total. The van der Waals surface area contributed by atoms with E-state index in [0.29, 0.717) is 0 Å². The van der Waals surface area contributed by atoms with Gasteiger partial charge in [-0.25, -0.2) is 0 Å². The van der Waals surface area contributed by atoms with Gasteiger partial charge in [-0.15, -0.1) is 0 Å². The van der Waals surface area contributed by atoms with Crippen LogP contribution in [0.1, 0.15) is 69.2 Å². The van der Waals surface area contributed by atoms with Gasteiger partial charge in [0.25, 0.3) is 0 Å². The van der Waals surface area contributed by atoms with Crippen LogP contribution in [-0.4, -0.2) is 36.2 Å². The fourth-order valence-electron chi connectivity index (χ4n) is 2.85. The van der Waals surface area contributed by atoms with Crippen LogP contribution in [-0.2, 0) is 13.3 Å². The van der Waals surface area contributed by atoms with Gasteiger partial charge >= 0.3 is 8.97 Å². The van der Waals surface area contributed by atoms with E-state index < -0.39 is 25.8 Å². The molecule has 4 nitrogen and oxygen atoms in total. The third kappa shape index (κ3) is 7.83. The second-order valence-corrected chi connectivity index (χ2v) is 18.1. The number of hydrogen-bond acceptors (Lipinski definition) is 8. The lowest BCUT2D eigenvalue weighted by atomic mass is 10.2. The van der Waals surface area contributed by atoms with Crippen LogP contribution in [0, 0.1) is 0 Å². The summed E-state index contributed by atoms with van der Waals surface area (Å²) in [4.78, 5) is 1.24. The van der Waals surface area contributed by atoms with Crippen molar-refractivity contribution in [2.75, 3.05) is 10.3 Å². The van der Waals surface area contributed by atoms with Gasteiger partial charge in [0, 0.05) is 16.3 Å². The molecule has 0 aliphatic carbocycles. The molecule has 1 aliphatic heterocycles. The van der Waals surface area contributed by atoms with Crippen molar-refractivity contribution in [1.29, 1.82) is 0 Å². The fraction of sp³-hybridized carbons (Fsp3) is 0.714. The predicted molar refractivity (Wildman–Crippen MR) is 140 cm³/mol. The van der Waals surface area contributed by atoms with Crippen LogP contribution < -0.4 is 4.57 Å². The topological polar surface area (TPSA) is 30.9 Å². The maximum absolute atomic E-state index is 6.83. The lowest BCUT2D eigenvalue weighted by Gasteiger charge is -2.47. The van der Waals surface area contributed by atoms with E-state index in [-0.39, 0.29) is 4.71 Å². The molecule has 0 saturated heterocycles. The molecule has 1 aromatic rings. The highest BCUT2D eigenvalue weighted by molar-refractivity contribution is 9.10. The van der Waals surface area contributed by atoms with E-state index in [0.717, 1.165) is 11.4 Å². The van der Waals surface area contributed by atoms with E-state index in [2.05, 4.69) is 98.1 Å². The van der Waals surface area contributed by atoms with Crippen LogP contribution in [0.2, 0.25) is 0 Å². The number of fused-ring (bicyclic) bond motifs is 1. The molecular formula is C21H37NO3S4Si. The van der Waals surface area contributed by atoms with Crippen LogP contribution in [0.15, 0.2) is 29.2 Å². The van der Waals surface area contributed by atoms with Crippen molar-refractivity contribution in [3.05, 3.63) is 24.3 Å². The summed E-state index contributed by atoms with van der Waals surface area (Å²) in [6.07, 6.45) is 0. The maximum atomic E-state index is 6.83. The molecule has 0 saturated carbocycles. The van der Waals surface area contributed by atoms with E-state index in [1.807, 2.05) is 43.2 Å². The van der Waals surface area contributed by atoms with E-state index in [1.54, 1.807) is 0 Å². The number of benzene rings is 1. The number of para-hydroxylation sites is 1. The number of rotatable bonds is 8. The van der Waals surface area contributed by atoms with Crippen LogP contribution >= 0.6 is 43.2 Å². The second-order valence-electron chi connectivity index (χ2n) is 10.0. The largest absolute Gasteiger partial charge is 0.636 e. The molecule has 1 atom stereocenters. The molecule has 9 heteroatoms. The molecular weight excluding hydrogens is 471 g/mol. The van der Waals surface area contributed by atoms with Crippen molar-refractivity contribution in [1.82, 2.24) is 0 Å². The van der Waals surface area contributed by atoms with Crippen LogP contribution in [0.3, 0.4) is 0 Å². The summed E-state index contributed by atoms with van der Waals surface area (Å²) >= 11 is 1.85. The lowest BCUT2D eigenvalue weighted by Crippen LogP contribution is -2.69. The minimum Gasteiger partial charge on any atom is -0.351 e. The highest BCUT2D eigenvalue weighted by atomic mass is 33.5. The quantitative estimate of drug-likeness (QED) is 0.200.